The van der Waals surface area contributed by atoms with Crippen LogP contribution in [-0.4, -0.2) is 61.8 Å². The van der Waals surface area contributed by atoms with Crippen LogP contribution in [0.1, 0.15) is 45.4 Å². The lowest BCUT2D eigenvalue weighted by Gasteiger charge is -2.37. The molecule has 8 heteroatoms. The zero-order valence-corrected chi connectivity index (χ0v) is 18.0. The molecule has 1 N–H and O–H groups in total. The first-order chi connectivity index (χ1) is 13.4. The third kappa shape index (κ3) is 5.06. The number of sulfonamides is 1. The van der Waals surface area contributed by atoms with Crippen LogP contribution in [0.4, 0.5) is 0 Å². The van der Waals surface area contributed by atoms with E-state index in [-0.39, 0.29) is 27.9 Å². The van der Waals surface area contributed by atoms with Crippen LogP contribution in [0.25, 0.3) is 0 Å². The van der Waals surface area contributed by atoms with Gasteiger partial charge >= 0.3 is 0 Å². The average Bonchev–Trinajstić information content (AvgIpc) is 2.96. The third-order valence-electron chi connectivity index (χ3n) is 5.86. The van der Waals surface area contributed by atoms with E-state index in [0.29, 0.717) is 26.2 Å². The highest BCUT2D eigenvalue weighted by Gasteiger charge is 2.33. The van der Waals surface area contributed by atoms with Crippen molar-refractivity contribution >= 4 is 27.5 Å². The largest absolute Gasteiger partial charge is 0.352 e. The molecule has 6 nitrogen and oxygen atoms in total. The highest BCUT2D eigenvalue weighted by Crippen LogP contribution is 2.25. The molecule has 1 heterocycles. The summed E-state index contributed by atoms with van der Waals surface area (Å²) in [5, 5.41) is 3.44. The molecule has 2 fully saturated rings. The van der Waals surface area contributed by atoms with Crippen LogP contribution in [0.15, 0.2) is 29.2 Å². The quantitative estimate of drug-likeness (QED) is 0.733. The smallest absolute Gasteiger partial charge is 0.244 e. The Bertz CT molecular complexity index is 771. The number of hydrogen-bond acceptors (Lipinski definition) is 4. The van der Waals surface area contributed by atoms with E-state index >= 15 is 0 Å². The summed E-state index contributed by atoms with van der Waals surface area (Å²) in [7, 11) is -3.61. The van der Waals surface area contributed by atoms with Crippen LogP contribution in [0.3, 0.4) is 0 Å². The second-order valence-corrected chi connectivity index (χ2v) is 10.1. The number of carbonyl (C=O) groups excluding carboxylic acids is 1. The van der Waals surface area contributed by atoms with Gasteiger partial charge in [0.1, 0.15) is 4.90 Å². The first-order valence-corrected chi connectivity index (χ1v) is 12.0. The van der Waals surface area contributed by atoms with Crippen molar-refractivity contribution in [3.05, 3.63) is 29.3 Å². The van der Waals surface area contributed by atoms with Gasteiger partial charge in [-0.2, -0.15) is 4.31 Å². The van der Waals surface area contributed by atoms with Crippen molar-refractivity contribution in [2.75, 3.05) is 26.2 Å². The van der Waals surface area contributed by atoms with Gasteiger partial charge in [0.25, 0.3) is 0 Å². The molecule has 1 saturated carbocycles. The van der Waals surface area contributed by atoms with E-state index in [9.17, 15) is 13.2 Å². The number of nitrogens with zero attached hydrogens (tertiary/aromatic N) is 2. The Morgan fingerprint density at radius 3 is 2.29 bits per heavy atom. The SMILES string of the molecule is C[C@H](C(=O)NC1CCCCCC1)N1CCN(S(=O)(=O)c2ccccc2Cl)CC1. The van der Waals surface area contributed by atoms with E-state index in [1.165, 1.54) is 36.1 Å². The zero-order valence-electron chi connectivity index (χ0n) is 16.4. The van der Waals surface area contributed by atoms with Gasteiger partial charge in [0.15, 0.2) is 0 Å². The predicted molar refractivity (Wildman–Crippen MR) is 111 cm³/mol. The lowest BCUT2D eigenvalue weighted by Crippen LogP contribution is -2.55. The van der Waals surface area contributed by atoms with Crippen molar-refractivity contribution in [1.82, 2.24) is 14.5 Å². The molecular formula is C20H30ClN3O3S. The summed E-state index contributed by atoms with van der Waals surface area (Å²) in [4.78, 5) is 14.9. The number of carbonyl (C=O) groups is 1. The van der Waals surface area contributed by atoms with E-state index in [2.05, 4.69) is 10.2 Å². The van der Waals surface area contributed by atoms with Gasteiger partial charge < -0.3 is 5.32 Å². The molecule has 28 heavy (non-hydrogen) atoms. The summed E-state index contributed by atoms with van der Waals surface area (Å²) in [5.74, 6) is 0.0503. The lowest BCUT2D eigenvalue weighted by molar-refractivity contribution is -0.127. The number of amides is 1. The Labute approximate surface area is 173 Å². The highest BCUT2D eigenvalue weighted by atomic mass is 35.5. The van der Waals surface area contributed by atoms with E-state index in [1.54, 1.807) is 18.2 Å². The molecule has 0 radical (unpaired) electrons. The first kappa shape index (κ1) is 21.6. The molecule has 1 aliphatic heterocycles. The number of rotatable bonds is 5. The Hall–Kier alpha value is -1.15. The fourth-order valence-electron chi connectivity index (χ4n) is 4.04. The summed E-state index contributed by atoms with van der Waals surface area (Å²) in [6.45, 7) is 3.68. The lowest BCUT2D eigenvalue weighted by atomic mass is 10.1. The fraction of sp³-hybridized carbons (Fsp3) is 0.650. The molecule has 1 aromatic carbocycles. The van der Waals surface area contributed by atoms with Gasteiger partial charge in [-0.25, -0.2) is 8.42 Å². The Morgan fingerprint density at radius 2 is 1.68 bits per heavy atom. The normalized spacial score (nSPS) is 21.8. The minimum atomic E-state index is -3.61. The molecule has 1 aliphatic carbocycles. The Kier molecular flexibility index (Phi) is 7.36. The Balaban J connectivity index is 1.55. The van der Waals surface area contributed by atoms with Crippen LogP contribution in [0.5, 0.6) is 0 Å². The number of hydrogen-bond donors (Lipinski definition) is 1. The molecule has 2 aliphatic rings. The van der Waals surface area contributed by atoms with Crippen molar-refractivity contribution < 1.29 is 13.2 Å². The standard InChI is InChI=1S/C20H30ClN3O3S/c1-16(20(25)22-17-8-4-2-3-5-9-17)23-12-14-24(15-13-23)28(26,27)19-11-7-6-10-18(19)21/h6-7,10-11,16-17H,2-5,8-9,12-15H2,1H3,(H,22,25)/t16-/m1/s1. The van der Waals surface area contributed by atoms with Crippen molar-refractivity contribution in [1.29, 1.82) is 0 Å². The van der Waals surface area contributed by atoms with Gasteiger partial charge in [0, 0.05) is 32.2 Å². The van der Waals surface area contributed by atoms with Crippen LogP contribution < -0.4 is 5.32 Å². The van der Waals surface area contributed by atoms with Crippen molar-refractivity contribution in [2.24, 2.45) is 0 Å². The van der Waals surface area contributed by atoms with E-state index in [0.717, 1.165) is 12.8 Å². The molecule has 0 unspecified atom stereocenters. The highest BCUT2D eigenvalue weighted by molar-refractivity contribution is 7.89. The summed E-state index contributed by atoms with van der Waals surface area (Å²) in [5.41, 5.74) is 0. The van der Waals surface area contributed by atoms with Crippen LogP contribution in [0, 0.1) is 0 Å². The average molecular weight is 428 g/mol. The van der Waals surface area contributed by atoms with E-state index < -0.39 is 10.0 Å². The van der Waals surface area contributed by atoms with E-state index in [1.807, 2.05) is 6.92 Å². The van der Waals surface area contributed by atoms with Gasteiger partial charge in [-0.15, -0.1) is 0 Å². The van der Waals surface area contributed by atoms with Crippen molar-refractivity contribution in [3.8, 4) is 0 Å². The molecule has 1 aromatic rings. The number of piperazine rings is 1. The maximum atomic E-state index is 12.9. The molecule has 0 bridgehead atoms. The third-order valence-corrected chi connectivity index (χ3v) is 8.25. The number of halogens is 1. The molecule has 3 rings (SSSR count). The molecule has 0 spiro atoms. The molecule has 1 saturated heterocycles. The van der Waals surface area contributed by atoms with E-state index in [4.69, 9.17) is 11.6 Å². The summed E-state index contributed by atoms with van der Waals surface area (Å²) in [6.07, 6.45) is 6.98. The maximum absolute atomic E-state index is 12.9. The molecule has 156 valence electrons. The second kappa shape index (κ2) is 9.57. The van der Waals surface area contributed by atoms with Crippen LogP contribution >= 0.6 is 11.6 Å². The monoisotopic (exact) mass is 427 g/mol. The zero-order chi connectivity index (χ0) is 20.1. The second-order valence-electron chi connectivity index (χ2n) is 7.74. The summed E-state index contributed by atoms with van der Waals surface area (Å²) < 4.78 is 27.2. The molecular weight excluding hydrogens is 398 g/mol. The van der Waals surface area contributed by atoms with Crippen molar-refractivity contribution in [2.45, 2.75) is 62.4 Å². The summed E-state index contributed by atoms with van der Waals surface area (Å²) >= 11 is 6.08. The Morgan fingerprint density at radius 1 is 1.07 bits per heavy atom. The summed E-state index contributed by atoms with van der Waals surface area (Å²) in [6, 6.07) is 6.54. The van der Waals surface area contributed by atoms with Crippen LogP contribution in [-0.2, 0) is 14.8 Å². The number of nitrogens with one attached hydrogen (secondary N) is 1. The maximum Gasteiger partial charge on any atom is 0.244 e. The van der Waals surface area contributed by atoms with Crippen molar-refractivity contribution in [3.63, 3.8) is 0 Å². The van der Waals surface area contributed by atoms with Gasteiger partial charge in [-0.3, -0.25) is 9.69 Å². The van der Waals surface area contributed by atoms with Gasteiger partial charge in [-0.1, -0.05) is 49.4 Å². The van der Waals surface area contributed by atoms with Gasteiger partial charge in [-0.05, 0) is 31.9 Å². The topological polar surface area (TPSA) is 69.7 Å². The molecule has 0 aromatic heterocycles. The molecule has 1 atom stereocenters. The first-order valence-electron chi connectivity index (χ1n) is 10.2. The number of benzene rings is 1. The molecule has 1 amide bonds. The van der Waals surface area contributed by atoms with Gasteiger partial charge in [0.2, 0.25) is 15.9 Å². The predicted octanol–water partition coefficient (Wildman–Crippen LogP) is 2.87. The van der Waals surface area contributed by atoms with Gasteiger partial charge in [0.05, 0.1) is 11.1 Å². The van der Waals surface area contributed by atoms with Crippen LogP contribution in [0.2, 0.25) is 5.02 Å². The fourth-order valence-corrected chi connectivity index (χ4v) is 5.95. The minimum Gasteiger partial charge on any atom is -0.352 e. The minimum absolute atomic E-state index is 0.0503.